The van der Waals surface area contributed by atoms with Gasteiger partial charge in [-0.1, -0.05) is 6.92 Å². The Balaban J connectivity index is 0. The van der Waals surface area contributed by atoms with Crippen molar-refractivity contribution >= 4 is 6.29 Å². The number of hydrogen-bond donors (Lipinski definition) is 2. The maximum absolute atomic E-state index is 9.90. The molecule has 0 amide bonds. The molecule has 0 bridgehead atoms. The molecule has 0 fully saturated rings. The minimum Gasteiger partial charge on any atom is -0.379 e. The normalized spacial score (nSPS) is 10.1. The molecule has 0 aliphatic heterocycles. The molecule has 0 aromatic heterocycles. The number of ether oxygens (including phenoxy) is 4. The molecule has 7 heteroatoms. The van der Waals surface area contributed by atoms with Gasteiger partial charge in [0.25, 0.3) is 0 Å². The molecule has 0 aliphatic carbocycles. The van der Waals surface area contributed by atoms with E-state index >= 15 is 0 Å². The highest BCUT2D eigenvalue weighted by Crippen LogP contribution is 1.83. The van der Waals surface area contributed by atoms with Crippen LogP contribution in [-0.4, -0.2) is 79.3 Å². The molecule has 0 spiro atoms. The molecule has 3 N–H and O–H groups in total. The number of carbonyl (C=O) groups excluding carboxylic acids is 1. The first-order chi connectivity index (χ1) is 10.8. The molecule has 0 aromatic rings. The summed E-state index contributed by atoms with van der Waals surface area (Å²) in [6, 6.07) is 0. The highest BCUT2D eigenvalue weighted by atomic mass is 16.6. The van der Waals surface area contributed by atoms with Crippen LogP contribution in [0.5, 0.6) is 0 Å². The molecule has 7 nitrogen and oxygen atoms in total. The zero-order valence-corrected chi connectivity index (χ0v) is 14.2. The van der Waals surface area contributed by atoms with Crippen LogP contribution in [0.25, 0.3) is 0 Å². The van der Waals surface area contributed by atoms with Crippen molar-refractivity contribution in [3.63, 3.8) is 0 Å². The fourth-order valence-corrected chi connectivity index (χ4v) is 1.23. The second-order valence-electron chi connectivity index (χ2n) is 4.32. The highest BCUT2D eigenvalue weighted by molar-refractivity contribution is 5.50. The van der Waals surface area contributed by atoms with Crippen LogP contribution < -0.4 is 11.1 Å². The van der Waals surface area contributed by atoms with Crippen molar-refractivity contribution in [3.05, 3.63) is 0 Å². The number of rotatable bonds is 16. The summed E-state index contributed by atoms with van der Waals surface area (Å²) < 4.78 is 20.6. The van der Waals surface area contributed by atoms with Gasteiger partial charge in [0.2, 0.25) is 0 Å². The standard InChI is InChI=1S/C11H23NO5.C4H11N/c12-2-1-4-14-6-8-16-10-11-17-9-7-15-5-3-13;1-3-4-5-2/h3H,1-2,4-12H2;5H,3-4H2,1-2H3. The van der Waals surface area contributed by atoms with E-state index in [0.717, 1.165) is 13.0 Å². The molecule has 0 atom stereocenters. The molecule has 0 heterocycles. The van der Waals surface area contributed by atoms with Crippen LogP contribution >= 0.6 is 0 Å². The Bertz CT molecular complexity index is 195. The van der Waals surface area contributed by atoms with Gasteiger partial charge in [-0.15, -0.1) is 0 Å². The molecular formula is C15H34N2O5. The van der Waals surface area contributed by atoms with E-state index in [0.29, 0.717) is 59.1 Å². The van der Waals surface area contributed by atoms with Crippen LogP contribution in [0.3, 0.4) is 0 Å². The third-order valence-corrected chi connectivity index (χ3v) is 2.29. The SMILES string of the molecule is CCCNC.NCCCOCCOCCOCCOCC=O. The minimum absolute atomic E-state index is 0.125. The Hall–Kier alpha value is -0.570. The van der Waals surface area contributed by atoms with Crippen LogP contribution in [0, 0.1) is 0 Å². The first-order valence-electron chi connectivity index (χ1n) is 7.92. The summed E-state index contributed by atoms with van der Waals surface area (Å²) in [6.45, 7) is 7.87. The van der Waals surface area contributed by atoms with Gasteiger partial charge in [-0.25, -0.2) is 0 Å². The molecule has 0 rings (SSSR count). The zero-order valence-electron chi connectivity index (χ0n) is 14.2. The van der Waals surface area contributed by atoms with E-state index in [9.17, 15) is 4.79 Å². The average molecular weight is 322 g/mol. The predicted octanol–water partition coefficient (Wildman–Crippen LogP) is 0.216. The lowest BCUT2D eigenvalue weighted by Gasteiger charge is -2.06. The van der Waals surface area contributed by atoms with Crippen molar-refractivity contribution in [1.29, 1.82) is 0 Å². The minimum atomic E-state index is 0.125. The summed E-state index contributed by atoms with van der Waals surface area (Å²) in [5.41, 5.74) is 5.31. The predicted molar refractivity (Wildman–Crippen MR) is 87.2 cm³/mol. The van der Waals surface area contributed by atoms with Crippen LogP contribution in [0.2, 0.25) is 0 Å². The second kappa shape index (κ2) is 25.4. The topological polar surface area (TPSA) is 92.0 Å². The smallest absolute Gasteiger partial charge is 0.145 e. The molecule has 134 valence electrons. The van der Waals surface area contributed by atoms with Crippen molar-refractivity contribution in [1.82, 2.24) is 5.32 Å². The molecule has 22 heavy (non-hydrogen) atoms. The van der Waals surface area contributed by atoms with Gasteiger partial charge in [-0.05, 0) is 33.0 Å². The molecule has 0 aromatic carbocycles. The Labute approximate surface area is 134 Å². The Morgan fingerprint density at radius 2 is 1.41 bits per heavy atom. The largest absolute Gasteiger partial charge is 0.379 e. The zero-order chi connectivity index (χ0) is 16.7. The summed E-state index contributed by atoms with van der Waals surface area (Å²) in [4.78, 5) is 9.90. The van der Waals surface area contributed by atoms with Crippen LogP contribution in [-0.2, 0) is 23.7 Å². The first kappa shape index (κ1) is 23.7. The van der Waals surface area contributed by atoms with Crippen LogP contribution in [0.4, 0.5) is 0 Å². The van der Waals surface area contributed by atoms with Gasteiger partial charge in [-0.3, -0.25) is 0 Å². The third-order valence-electron chi connectivity index (χ3n) is 2.29. The number of nitrogens with one attached hydrogen (secondary N) is 1. The molecule has 0 saturated heterocycles. The third kappa shape index (κ3) is 27.7. The van der Waals surface area contributed by atoms with E-state index in [1.54, 1.807) is 0 Å². The number of hydrogen-bond acceptors (Lipinski definition) is 7. The summed E-state index contributed by atoms with van der Waals surface area (Å²) in [5, 5.41) is 3.02. The van der Waals surface area contributed by atoms with E-state index in [1.165, 1.54) is 6.42 Å². The fraction of sp³-hybridized carbons (Fsp3) is 0.933. The number of carbonyl (C=O) groups is 1. The van der Waals surface area contributed by atoms with E-state index in [2.05, 4.69) is 12.2 Å². The van der Waals surface area contributed by atoms with Gasteiger partial charge in [0.05, 0.1) is 39.6 Å². The maximum atomic E-state index is 9.90. The number of nitrogens with two attached hydrogens (primary N) is 1. The molecule has 0 unspecified atom stereocenters. The lowest BCUT2D eigenvalue weighted by atomic mass is 10.5. The van der Waals surface area contributed by atoms with Gasteiger partial charge in [0.1, 0.15) is 12.9 Å². The average Bonchev–Trinajstić information content (AvgIpc) is 2.53. The van der Waals surface area contributed by atoms with Crippen molar-refractivity contribution in [3.8, 4) is 0 Å². The van der Waals surface area contributed by atoms with Gasteiger partial charge >= 0.3 is 0 Å². The Kier molecular flexibility index (Phi) is 27.3. The van der Waals surface area contributed by atoms with E-state index in [1.807, 2.05) is 7.05 Å². The highest BCUT2D eigenvalue weighted by Gasteiger charge is 1.92. The summed E-state index contributed by atoms with van der Waals surface area (Å²) in [6.07, 6.45) is 2.83. The number of aldehydes is 1. The van der Waals surface area contributed by atoms with Gasteiger partial charge in [0, 0.05) is 6.61 Å². The molecule has 0 saturated carbocycles. The summed E-state index contributed by atoms with van der Waals surface area (Å²) in [5.74, 6) is 0. The first-order valence-corrected chi connectivity index (χ1v) is 7.92. The fourth-order valence-electron chi connectivity index (χ4n) is 1.23. The summed E-state index contributed by atoms with van der Waals surface area (Å²) >= 11 is 0. The monoisotopic (exact) mass is 322 g/mol. The Morgan fingerprint density at radius 1 is 0.909 bits per heavy atom. The van der Waals surface area contributed by atoms with Gasteiger partial charge in [-0.2, -0.15) is 0 Å². The molecule has 0 radical (unpaired) electrons. The van der Waals surface area contributed by atoms with Crippen molar-refractivity contribution in [2.75, 3.05) is 73.0 Å². The van der Waals surface area contributed by atoms with E-state index < -0.39 is 0 Å². The van der Waals surface area contributed by atoms with Gasteiger partial charge < -0.3 is 34.8 Å². The van der Waals surface area contributed by atoms with Crippen molar-refractivity contribution < 1.29 is 23.7 Å². The summed E-state index contributed by atoms with van der Waals surface area (Å²) in [7, 11) is 1.96. The maximum Gasteiger partial charge on any atom is 0.145 e. The lowest BCUT2D eigenvalue weighted by Crippen LogP contribution is -2.13. The van der Waals surface area contributed by atoms with Crippen LogP contribution in [0.15, 0.2) is 0 Å². The quantitative estimate of drug-likeness (QED) is 0.310. The van der Waals surface area contributed by atoms with Gasteiger partial charge in [0.15, 0.2) is 0 Å². The van der Waals surface area contributed by atoms with E-state index in [4.69, 9.17) is 24.7 Å². The molecule has 0 aliphatic rings. The second-order valence-corrected chi connectivity index (χ2v) is 4.32. The van der Waals surface area contributed by atoms with Crippen molar-refractivity contribution in [2.45, 2.75) is 19.8 Å². The Morgan fingerprint density at radius 3 is 1.77 bits per heavy atom. The molecular weight excluding hydrogens is 288 g/mol. The van der Waals surface area contributed by atoms with E-state index in [-0.39, 0.29) is 6.61 Å². The van der Waals surface area contributed by atoms with Crippen molar-refractivity contribution in [2.24, 2.45) is 5.73 Å². The lowest BCUT2D eigenvalue weighted by molar-refractivity contribution is -0.112. The van der Waals surface area contributed by atoms with Crippen LogP contribution in [0.1, 0.15) is 19.8 Å².